The number of piperidine rings is 1. The van der Waals surface area contributed by atoms with Crippen LogP contribution < -0.4 is 9.64 Å². The third kappa shape index (κ3) is 3.65. The summed E-state index contributed by atoms with van der Waals surface area (Å²) >= 11 is 0. The molecule has 3 heterocycles. The molecule has 2 aromatic heterocycles. The largest absolute Gasteiger partial charge is 0.467 e. The summed E-state index contributed by atoms with van der Waals surface area (Å²) in [5.41, 5.74) is 1.40. The van der Waals surface area contributed by atoms with Gasteiger partial charge in [0, 0.05) is 24.8 Å². The zero-order valence-electron chi connectivity index (χ0n) is 19.0. The first kappa shape index (κ1) is 21.5. The van der Waals surface area contributed by atoms with E-state index in [1.165, 1.54) is 13.2 Å². The molecule has 0 bridgehead atoms. The number of aromatic nitrogens is 3. The van der Waals surface area contributed by atoms with Crippen molar-refractivity contribution in [2.24, 2.45) is 5.92 Å². The SMILES string of the molecule is CCc1c(F)ccc2cccc(-c3ncc4c(N5CCCC(C)C5)nc(OC)nc4c3F)c12. The lowest BCUT2D eigenvalue weighted by Crippen LogP contribution is -2.35. The molecule has 33 heavy (non-hydrogen) atoms. The number of halogens is 2. The van der Waals surface area contributed by atoms with Gasteiger partial charge >= 0.3 is 6.01 Å². The predicted octanol–water partition coefficient (Wildman–Crippen LogP) is 5.93. The Bertz CT molecular complexity index is 1360. The molecule has 1 aliphatic heterocycles. The second kappa shape index (κ2) is 8.54. The van der Waals surface area contributed by atoms with Crippen molar-refractivity contribution in [3.63, 3.8) is 0 Å². The number of pyridine rings is 1. The number of fused-ring (bicyclic) bond motifs is 2. The fourth-order valence-corrected chi connectivity index (χ4v) is 4.90. The number of hydrogen-bond donors (Lipinski definition) is 0. The zero-order chi connectivity index (χ0) is 23.1. The highest BCUT2D eigenvalue weighted by Gasteiger charge is 2.24. The van der Waals surface area contributed by atoms with Crippen LogP contribution in [0, 0.1) is 17.6 Å². The van der Waals surface area contributed by atoms with Gasteiger partial charge in [0.25, 0.3) is 0 Å². The molecule has 4 aromatic rings. The summed E-state index contributed by atoms with van der Waals surface area (Å²) in [5.74, 6) is 0.298. The van der Waals surface area contributed by atoms with Gasteiger partial charge in [-0.3, -0.25) is 4.98 Å². The summed E-state index contributed by atoms with van der Waals surface area (Å²) in [7, 11) is 1.48. The van der Waals surface area contributed by atoms with Gasteiger partial charge in [0.2, 0.25) is 0 Å². The van der Waals surface area contributed by atoms with Crippen molar-refractivity contribution in [3.05, 3.63) is 53.7 Å². The van der Waals surface area contributed by atoms with Gasteiger partial charge in [0.15, 0.2) is 5.82 Å². The van der Waals surface area contributed by atoms with Crippen molar-refractivity contribution >= 4 is 27.5 Å². The van der Waals surface area contributed by atoms with Crippen molar-refractivity contribution in [2.45, 2.75) is 33.1 Å². The van der Waals surface area contributed by atoms with Gasteiger partial charge in [0.1, 0.15) is 22.8 Å². The normalized spacial score (nSPS) is 16.5. The Hall–Kier alpha value is -3.35. The lowest BCUT2D eigenvalue weighted by Gasteiger charge is -2.32. The van der Waals surface area contributed by atoms with Crippen LogP contribution in [-0.4, -0.2) is 35.2 Å². The minimum atomic E-state index is -0.557. The number of benzene rings is 2. The standard InChI is InChI=1S/C26H26F2N4O/c1-4-17-20(27)11-10-16-8-5-9-18(21(16)17)23-22(28)24-19(13-29-23)25(31-26(30-24)33-3)32-12-6-7-15(2)14-32/h5,8-11,13,15H,4,6-7,12,14H2,1-3H3. The molecular formula is C26H26F2N4O. The van der Waals surface area contributed by atoms with Crippen LogP contribution in [0.15, 0.2) is 36.5 Å². The average Bonchev–Trinajstić information content (AvgIpc) is 2.83. The van der Waals surface area contributed by atoms with Crippen LogP contribution >= 0.6 is 0 Å². The molecule has 0 saturated carbocycles. The predicted molar refractivity (Wildman–Crippen MR) is 127 cm³/mol. The number of methoxy groups -OCH3 is 1. The van der Waals surface area contributed by atoms with Crippen LogP contribution in [0.4, 0.5) is 14.6 Å². The van der Waals surface area contributed by atoms with Gasteiger partial charge in [-0.2, -0.15) is 9.97 Å². The topological polar surface area (TPSA) is 51.1 Å². The summed E-state index contributed by atoms with van der Waals surface area (Å²) < 4.78 is 36.0. The minimum Gasteiger partial charge on any atom is -0.467 e. The van der Waals surface area contributed by atoms with Gasteiger partial charge in [-0.1, -0.05) is 38.1 Å². The van der Waals surface area contributed by atoms with Gasteiger partial charge in [-0.05, 0) is 47.6 Å². The van der Waals surface area contributed by atoms with E-state index in [9.17, 15) is 4.39 Å². The van der Waals surface area contributed by atoms with Crippen LogP contribution in [0.2, 0.25) is 0 Å². The molecule has 170 valence electrons. The number of aryl methyl sites for hydroxylation is 1. The van der Waals surface area contributed by atoms with E-state index in [4.69, 9.17) is 4.74 Å². The van der Waals surface area contributed by atoms with Gasteiger partial charge in [0.05, 0.1) is 12.5 Å². The molecule has 1 unspecified atom stereocenters. The van der Waals surface area contributed by atoms with Crippen molar-refractivity contribution in [1.29, 1.82) is 0 Å². The van der Waals surface area contributed by atoms with Gasteiger partial charge < -0.3 is 9.64 Å². The number of anilines is 1. The van der Waals surface area contributed by atoms with Crippen LogP contribution in [0.5, 0.6) is 6.01 Å². The molecule has 5 rings (SSSR count). The Balaban J connectivity index is 1.76. The summed E-state index contributed by atoms with van der Waals surface area (Å²) in [5, 5.41) is 2.07. The molecule has 5 nitrogen and oxygen atoms in total. The first-order valence-electron chi connectivity index (χ1n) is 11.4. The maximum atomic E-state index is 16.0. The second-order valence-electron chi connectivity index (χ2n) is 8.69. The summed E-state index contributed by atoms with van der Waals surface area (Å²) in [4.78, 5) is 15.6. The Morgan fingerprint density at radius 2 is 2.00 bits per heavy atom. The van der Waals surface area contributed by atoms with Crippen molar-refractivity contribution in [3.8, 4) is 17.3 Å². The molecule has 1 saturated heterocycles. The van der Waals surface area contributed by atoms with Crippen molar-refractivity contribution in [2.75, 3.05) is 25.1 Å². The molecule has 0 amide bonds. The molecule has 1 fully saturated rings. The Morgan fingerprint density at radius 3 is 2.76 bits per heavy atom. The molecular weight excluding hydrogens is 422 g/mol. The van der Waals surface area contributed by atoms with E-state index >= 15 is 4.39 Å². The number of rotatable bonds is 4. The third-order valence-electron chi connectivity index (χ3n) is 6.49. The highest BCUT2D eigenvalue weighted by atomic mass is 19.1. The molecule has 1 aliphatic rings. The molecule has 0 spiro atoms. The highest BCUT2D eigenvalue weighted by Crippen LogP contribution is 2.37. The van der Waals surface area contributed by atoms with Crippen LogP contribution in [0.25, 0.3) is 32.9 Å². The summed E-state index contributed by atoms with van der Waals surface area (Å²) in [6.07, 6.45) is 4.32. The molecule has 0 radical (unpaired) electrons. The maximum absolute atomic E-state index is 16.0. The fraction of sp³-hybridized carbons (Fsp3) is 0.346. The molecule has 2 aromatic carbocycles. The first-order valence-corrected chi connectivity index (χ1v) is 11.4. The van der Waals surface area contributed by atoms with E-state index in [0.717, 1.165) is 31.3 Å². The van der Waals surface area contributed by atoms with Crippen molar-refractivity contribution in [1.82, 2.24) is 15.0 Å². The average molecular weight is 449 g/mol. The first-order chi connectivity index (χ1) is 16.0. The fourth-order valence-electron chi connectivity index (χ4n) is 4.90. The van der Waals surface area contributed by atoms with E-state index in [-0.39, 0.29) is 23.0 Å². The lowest BCUT2D eigenvalue weighted by atomic mass is 9.95. The Labute approximate surface area is 191 Å². The maximum Gasteiger partial charge on any atom is 0.318 e. The molecule has 0 N–H and O–H groups in total. The zero-order valence-corrected chi connectivity index (χ0v) is 19.0. The van der Waals surface area contributed by atoms with E-state index in [2.05, 4.69) is 26.8 Å². The minimum absolute atomic E-state index is 0.116. The quantitative estimate of drug-likeness (QED) is 0.387. The van der Waals surface area contributed by atoms with Crippen LogP contribution in [0.3, 0.4) is 0 Å². The van der Waals surface area contributed by atoms with Crippen molar-refractivity contribution < 1.29 is 13.5 Å². The van der Waals surface area contributed by atoms with E-state index in [1.807, 2.05) is 19.1 Å². The molecule has 1 atom stereocenters. The van der Waals surface area contributed by atoms with Crippen LogP contribution in [-0.2, 0) is 6.42 Å². The van der Waals surface area contributed by atoms with E-state index < -0.39 is 5.82 Å². The molecule has 0 aliphatic carbocycles. The summed E-state index contributed by atoms with van der Waals surface area (Å²) in [6, 6.07) is 8.80. The van der Waals surface area contributed by atoms with Crippen LogP contribution in [0.1, 0.15) is 32.3 Å². The summed E-state index contributed by atoms with van der Waals surface area (Å²) in [6.45, 7) is 5.77. The second-order valence-corrected chi connectivity index (χ2v) is 8.69. The smallest absolute Gasteiger partial charge is 0.318 e. The van der Waals surface area contributed by atoms with E-state index in [0.29, 0.717) is 40.1 Å². The monoisotopic (exact) mass is 448 g/mol. The highest BCUT2D eigenvalue weighted by molar-refractivity contribution is 6.00. The van der Waals surface area contributed by atoms with Gasteiger partial charge in [-0.25, -0.2) is 8.78 Å². The Kier molecular flexibility index (Phi) is 5.56. The number of ether oxygens (including phenoxy) is 1. The third-order valence-corrected chi connectivity index (χ3v) is 6.49. The van der Waals surface area contributed by atoms with Gasteiger partial charge in [-0.15, -0.1) is 0 Å². The van der Waals surface area contributed by atoms with E-state index in [1.54, 1.807) is 18.3 Å². The number of nitrogens with zero attached hydrogens (tertiary/aromatic N) is 4. The lowest BCUT2D eigenvalue weighted by molar-refractivity contribution is 0.379. The Morgan fingerprint density at radius 1 is 1.15 bits per heavy atom. The molecule has 7 heteroatoms. The number of hydrogen-bond acceptors (Lipinski definition) is 5.